The first kappa shape index (κ1) is 14.7. The lowest BCUT2D eigenvalue weighted by Gasteiger charge is -2.32. The van der Waals surface area contributed by atoms with Gasteiger partial charge in [-0.25, -0.2) is 4.79 Å². The minimum Gasteiger partial charge on any atom is -0.338 e. The van der Waals surface area contributed by atoms with Crippen molar-refractivity contribution in [2.75, 3.05) is 13.1 Å². The number of nitrogens with one attached hydrogen (secondary N) is 1. The number of benzene rings is 1. The smallest absolute Gasteiger partial charge is 0.326 e. The first-order chi connectivity index (χ1) is 11.7. The Kier molecular flexibility index (Phi) is 3.65. The zero-order chi connectivity index (χ0) is 16.5. The highest BCUT2D eigenvalue weighted by atomic mass is 16.2. The van der Waals surface area contributed by atoms with E-state index in [1.807, 2.05) is 33.7 Å². The summed E-state index contributed by atoms with van der Waals surface area (Å²) in [5.74, 6) is 0.0297. The molecule has 24 heavy (non-hydrogen) atoms. The lowest BCUT2D eigenvalue weighted by Crippen LogP contribution is -2.40. The molecular weight excluding hydrogens is 304 g/mol. The third-order valence-electron chi connectivity index (χ3n) is 4.67. The standard InChI is InChI=1S/C18H18N4O2/c23-17(13-5-9-19-10-6-13)21-11-7-14(8-12-21)22-16-4-2-1-3-15(16)20-18(22)24/h1-6,9-10,14H,7-8,11-12H2,(H,20,24). The van der Waals surface area contributed by atoms with Crippen LogP contribution in [0, 0.1) is 0 Å². The second-order valence-electron chi connectivity index (χ2n) is 6.08. The van der Waals surface area contributed by atoms with Crippen LogP contribution >= 0.6 is 0 Å². The summed E-state index contributed by atoms with van der Waals surface area (Å²) >= 11 is 0. The fourth-order valence-corrected chi connectivity index (χ4v) is 3.44. The molecule has 1 saturated heterocycles. The van der Waals surface area contributed by atoms with Crippen molar-refractivity contribution in [3.8, 4) is 0 Å². The van der Waals surface area contributed by atoms with Crippen LogP contribution in [0.2, 0.25) is 0 Å². The van der Waals surface area contributed by atoms with Gasteiger partial charge in [-0.1, -0.05) is 12.1 Å². The molecule has 6 nitrogen and oxygen atoms in total. The molecule has 1 aliphatic rings. The fourth-order valence-electron chi connectivity index (χ4n) is 3.44. The van der Waals surface area contributed by atoms with E-state index < -0.39 is 0 Å². The Bertz CT molecular complexity index is 921. The zero-order valence-electron chi connectivity index (χ0n) is 13.2. The van der Waals surface area contributed by atoms with Gasteiger partial charge in [-0.2, -0.15) is 0 Å². The quantitative estimate of drug-likeness (QED) is 0.786. The van der Waals surface area contributed by atoms with Gasteiger partial charge in [0.1, 0.15) is 0 Å². The normalized spacial score (nSPS) is 15.8. The highest BCUT2D eigenvalue weighted by molar-refractivity contribution is 5.94. The third kappa shape index (κ3) is 2.50. The monoisotopic (exact) mass is 322 g/mol. The predicted molar refractivity (Wildman–Crippen MR) is 91.0 cm³/mol. The largest absolute Gasteiger partial charge is 0.338 e. The Morgan fingerprint density at radius 1 is 1.08 bits per heavy atom. The molecule has 0 unspecified atom stereocenters. The minimum atomic E-state index is -0.0740. The van der Waals surface area contributed by atoms with E-state index in [9.17, 15) is 9.59 Å². The van der Waals surface area contributed by atoms with Crippen LogP contribution in [-0.4, -0.2) is 38.4 Å². The highest BCUT2D eigenvalue weighted by Gasteiger charge is 2.26. The predicted octanol–water partition coefficient (Wildman–Crippen LogP) is 2.20. The zero-order valence-corrected chi connectivity index (χ0v) is 13.2. The van der Waals surface area contributed by atoms with Gasteiger partial charge < -0.3 is 9.88 Å². The van der Waals surface area contributed by atoms with Crippen LogP contribution in [0.1, 0.15) is 29.2 Å². The Labute approximate surface area is 138 Å². The molecule has 1 N–H and O–H groups in total. The van der Waals surface area contributed by atoms with Crippen LogP contribution in [0.3, 0.4) is 0 Å². The molecule has 0 spiro atoms. The maximum atomic E-state index is 12.5. The summed E-state index contributed by atoms with van der Waals surface area (Å²) in [4.78, 5) is 33.5. The number of fused-ring (bicyclic) bond motifs is 1. The van der Waals surface area contributed by atoms with Crippen LogP contribution in [0.15, 0.2) is 53.6 Å². The first-order valence-corrected chi connectivity index (χ1v) is 8.12. The number of carbonyl (C=O) groups excluding carboxylic acids is 1. The average Bonchev–Trinajstić information content (AvgIpc) is 2.98. The van der Waals surface area contributed by atoms with E-state index in [0.29, 0.717) is 18.7 Å². The van der Waals surface area contributed by atoms with Crippen LogP contribution in [-0.2, 0) is 0 Å². The number of amides is 1. The average molecular weight is 322 g/mol. The van der Waals surface area contributed by atoms with E-state index in [1.54, 1.807) is 24.5 Å². The second kappa shape index (κ2) is 5.96. The summed E-state index contributed by atoms with van der Waals surface area (Å²) < 4.78 is 1.84. The topological polar surface area (TPSA) is 71.0 Å². The summed E-state index contributed by atoms with van der Waals surface area (Å²) in [6.07, 6.45) is 4.81. The molecule has 1 aromatic carbocycles. The van der Waals surface area contributed by atoms with Crippen LogP contribution in [0.5, 0.6) is 0 Å². The molecule has 3 heterocycles. The van der Waals surface area contributed by atoms with E-state index in [-0.39, 0.29) is 17.6 Å². The molecule has 1 aliphatic heterocycles. The van der Waals surface area contributed by atoms with E-state index in [1.165, 1.54) is 0 Å². The molecule has 0 aliphatic carbocycles. The van der Waals surface area contributed by atoms with E-state index in [4.69, 9.17) is 0 Å². The minimum absolute atomic E-state index is 0.0297. The molecule has 0 bridgehead atoms. The van der Waals surface area contributed by atoms with Crippen molar-refractivity contribution in [3.63, 3.8) is 0 Å². The lowest BCUT2D eigenvalue weighted by atomic mass is 10.0. The van der Waals surface area contributed by atoms with Crippen LogP contribution < -0.4 is 5.69 Å². The van der Waals surface area contributed by atoms with Gasteiger partial charge in [0.25, 0.3) is 5.91 Å². The number of hydrogen-bond donors (Lipinski definition) is 1. The van der Waals surface area contributed by atoms with Gasteiger partial charge >= 0.3 is 5.69 Å². The van der Waals surface area contributed by atoms with Crippen molar-refractivity contribution < 1.29 is 4.79 Å². The molecule has 1 fully saturated rings. The molecule has 0 saturated carbocycles. The number of carbonyl (C=O) groups is 1. The van der Waals surface area contributed by atoms with Crippen LogP contribution in [0.4, 0.5) is 0 Å². The number of piperidine rings is 1. The van der Waals surface area contributed by atoms with Crippen molar-refractivity contribution in [3.05, 3.63) is 64.8 Å². The van der Waals surface area contributed by atoms with Gasteiger partial charge in [-0.05, 0) is 37.1 Å². The molecule has 0 atom stereocenters. The van der Waals surface area contributed by atoms with Gasteiger partial charge in [-0.15, -0.1) is 0 Å². The van der Waals surface area contributed by atoms with Crippen molar-refractivity contribution >= 4 is 16.9 Å². The number of pyridine rings is 1. The van der Waals surface area contributed by atoms with E-state index in [0.717, 1.165) is 23.9 Å². The third-order valence-corrected chi connectivity index (χ3v) is 4.67. The van der Waals surface area contributed by atoms with Gasteiger partial charge in [0.15, 0.2) is 0 Å². The Morgan fingerprint density at radius 2 is 1.79 bits per heavy atom. The highest BCUT2D eigenvalue weighted by Crippen LogP contribution is 2.25. The maximum absolute atomic E-state index is 12.5. The molecule has 2 aromatic heterocycles. The first-order valence-electron chi connectivity index (χ1n) is 8.12. The fraction of sp³-hybridized carbons (Fsp3) is 0.278. The molecule has 6 heteroatoms. The number of hydrogen-bond acceptors (Lipinski definition) is 3. The summed E-state index contributed by atoms with van der Waals surface area (Å²) in [7, 11) is 0. The molecule has 3 aromatic rings. The lowest BCUT2D eigenvalue weighted by molar-refractivity contribution is 0.0695. The molecule has 0 radical (unpaired) electrons. The van der Waals surface area contributed by atoms with E-state index in [2.05, 4.69) is 9.97 Å². The van der Waals surface area contributed by atoms with E-state index >= 15 is 0 Å². The maximum Gasteiger partial charge on any atom is 0.326 e. The number of likely N-dealkylation sites (tertiary alicyclic amines) is 1. The van der Waals surface area contributed by atoms with Crippen molar-refractivity contribution in [1.29, 1.82) is 0 Å². The van der Waals surface area contributed by atoms with Crippen molar-refractivity contribution in [2.24, 2.45) is 0 Å². The molecule has 4 rings (SSSR count). The summed E-state index contributed by atoms with van der Waals surface area (Å²) in [5, 5.41) is 0. The number of H-pyrrole nitrogens is 1. The van der Waals surface area contributed by atoms with Gasteiger partial charge in [0.2, 0.25) is 0 Å². The van der Waals surface area contributed by atoms with Gasteiger partial charge in [-0.3, -0.25) is 14.3 Å². The summed E-state index contributed by atoms with van der Waals surface area (Å²) in [6.45, 7) is 1.30. The van der Waals surface area contributed by atoms with Gasteiger partial charge in [0, 0.05) is 37.1 Å². The van der Waals surface area contributed by atoms with Crippen LogP contribution in [0.25, 0.3) is 11.0 Å². The van der Waals surface area contributed by atoms with Crippen molar-refractivity contribution in [1.82, 2.24) is 19.4 Å². The number of para-hydroxylation sites is 2. The SMILES string of the molecule is O=C(c1ccncc1)N1CCC(n2c(=O)[nH]c3ccccc32)CC1. The Morgan fingerprint density at radius 3 is 2.54 bits per heavy atom. The number of aromatic nitrogens is 3. The Hall–Kier alpha value is -2.89. The molecule has 1 amide bonds. The Balaban J connectivity index is 1.53. The second-order valence-corrected chi connectivity index (χ2v) is 6.08. The van der Waals surface area contributed by atoms with Crippen molar-refractivity contribution in [2.45, 2.75) is 18.9 Å². The molecule has 122 valence electrons. The molecular formula is C18H18N4O2. The summed E-state index contributed by atoms with van der Waals surface area (Å²) in [6, 6.07) is 11.3. The number of imidazole rings is 1. The summed E-state index contributed by atoms with van der Waals surface area (Å²) in [5.41, 5.74) is 2.38. The number of nitrogens with zero attached hydrogens (tertiary/aromatic N) is 3. The van der Waals surface area contributed by atoms with Gasteiger partial charge in [0.05, 0.1) is 11.0 Å². The number of aromatic amines is 1. The number of rotatable bonds is 2.